The molecule has 7 heteroatoms. The van der Waals surface area contributed by atoms with Crippen molar-refractivity contribution in [2.45, 2.75) is 6.43 Å². The third-order valence-electron chi connectivity index (χ3n) is 1.51. The maximum absolute atomic E-state index is 12.5. The van der Waals surface area contributed by atoms with Gasteiger partial charge >= 0.3 is 0 Å². The Morgan fingerprint density at radius 1 is 1.64 bits per heavy atom. The average Bonchev–Trinajstić information content (AvgIpc) is 2.02. The second-order valence-electron chi connectivity index (χ2n) is 2.36. The van der Waals surface area contributed by atoms with Crippen LogP contribution in [-0.4, -0.2) is 10.2 Å². The van der Waals surface area contributed by atoms with Crippen LogP contribution in [0.4, 0.5) is 14.5 Å². The number of rotatable bonds is 2. The van der Waals surface area contributed by atoms with E-state index >= 15 is 0 Å². The van der Waals surface area contributed by atoms with E-state index in [-0.39, 0.29) is 15.0 Å². The van der Waals surface area contributed by atoms with E-state index in [9.17, 15) is 13.6 Å². The second-order valence-corrected chi connectivity index (χ2v) is 3.86. The molecule has 0 saturated heterocycles. The zero-order valence-corrected chi connectivity index (χ0v) is 9.51. The molecule has 76 valence electrons. The van der Waals surface area contributed by atoms with Gasteiger partial charge in [0.05, 0.1) is 11.3 Å². The Morgan fingerprint density at radius 3 is 2.64 bits per heavy atom. The number of alkyl halides is 2. The van der Waals surface area contributed by atoms with Crippen LogP contribution in [0, 0.1) is 3.57 Å². The lowest BCUT2D eigenvalue weighted by atomic mass is 10.2. The largest absolute Gasteiger partial charge is 0.396 e. The summed E-state index contributed by atoms with van der Waals surface area (Å²) < 4.78 is 25.1. The predicted molar refractivity (Wildman–Crippen MR) is 56.5 cm³/mol. The van der Waals surface area contributed by atoms with Crippen molar-refractivity contribution in [2.24, 2.45) is 0 Å². The Bertz CT molecular complexity index is 386. The average molecular weight is 332 g/mol. The van der Waals surface area contributed by atoms with Gasteiger partial charge in [-0.2, -0.15) is 0 Å². The van der Waals surface area contributed by atoms with Crippen molar-refractivity contribution in [3.63, 3.8) is 0 Å². The summed E-state index contributed by atoms with van der Waals surface area (Å²) in [6.45, 7) is 0. The summed E-state index contributed by atoms with van der Waals surface area (Å²) in [5.74, 6) is 0. The van der Waals surface area contributed by atoms with Gasteiger partial charge < -0.3 is 5.73 Å². The molecule has 0 aliphatic heterocycles. The molecule has 0 spiro atoms. The number of nitrogens with two attached hydrogens (primary N) is 1. The standard InChI is InChI=1S/C7H4ClF2IN2O/c8-6(14)5-4(12)3(7(9)10)2(11)1-13-5/h1,7H,12H2. The van der Waals surface area contributed by atoms with Crippen molar-refractivity contribution in [3.05, 3.63) is 21.0 Å². The Hall–Kier alpha value is -0.500. The Morgan fingerprint density at radius 2 is 2.21 bits per heavy atom. The van der Waals surface area contributed by atoms with Gasteiger partial charge in [0.1, 0.15) is 5.69 Å². The minimum atomic E-state index is -2.75. The number of halogens is 4. The van der Waals surface area contributed by atoms with Gasteiger partial charge in [0, 0.05) is 9.77 Å². The molecular weight excluding hydrogens is 328 g/mol. The quantitative estimate of drug-likeness (QED) is 0.669. The molecule has 0 radical (unpaired) electrons. The van der Waals surface area contributed by atoms with E-state index in [1.165, 1.54) is 0 Å². The molecule has 2 N–H and O–H groups in total. The normalized spacial score (nSPS) is 10.6. The molecule has 14 heavy (non-hydrogen) atoms. The van der Waals surface area contributed by atoms with Crippen LogP contribution in [0.25, 0.3) is 0 Å². The molecule has 0 bridgehead atoms. The van der Waals surface area contributed by atoms with E-state index in [0.29, 0.717) is 0 Å². The van der Waals surface area contributed by atoms with Gasteiger partial charge in [-0.1, -0.05) is 0 Å². The van der Waals surface area contributed by atoms with Crippen molar-refractivity contribution >= 4 is 45.1 Å². The van der Waals surface area contributed by atoms with Crippen LogP contribution in [0.3, 0.4) is 0 Å². The Balaban J connectivity index is 3.41. The fraction of sp³-hybridized carbons (Fsp3) is 0.143. The summed E-state index contributed by atoms with van der Waals surface area (Å²) in [6, 6.07) is 0. The van der Waals surface area contributed by atoms with Crippen molar-refractivity contribution in [1.29, 1.82) is 0 Å². The predicted octanol–water partition coefficient (Wildman–Crippen LogP) is 2.58. The van der Waals surface area contributed by atoms with E-state index in [0.717, 1.165) is 6.20 Å². The number of nitrogen functional groups attached to an aromatic ring is 1. The van der Waals surface area contributed by atoms with Gasteiger partial charge in [-0.05, 0) is 34.2 Å². The number of hydrogen-bond donors (Lipinski definition) is 1. The van der Waals surface area contributed by atoms with Crippen molar-refractivity contribution in [3.8, 4) is 0 Å². The lowest BCUT2D eigenvalue weighted by Gasteiger charge is -2.08. The highest BCUT2D eigenvalue weighted by atomic mass is 127. The van der Waals surface area contributed by atoms with Crippen molar-refractivity contribution in [1.82, 2.24) is 4.98 Å². The van der Waals surface area contributed by atoms with Gasteiger partial charge in [0.2, 0.25) is 0 Å². The Labute approximate surface area is 96.8 Å². The molecule has 3 nitrogen and oxygen atoms in total. The molecule has 0 unspecified atom stereocenters. The summed E-state index contributed by atoms with van der Waals surface area (Å²) in [4.78, 5) is 14.3. The number of anilines is 1. The number of nitrogens with zero attached hydrogens (tertiary/aromatic N) is 1. The van der Waals surface area contributed by atoms with E-state index in [2.05, 4.69) is 4.98 Å². The summed E-state index contributed by atoms with van der Waals surface area (Å²) in [5, 5.41) is -0.944. The molecule has 0 aliphatic rings. The smallest absolute Gasteiger partial charge is 0.272 e. The molecule has 1 aromatic rings. The summed E-state index contributed by atoms with van der Waals surface area (Å²) in [7, 11) is 0. The molecule has 0 amide bonds. The maximum atomic E-state index is 12.5. The van der Waals surface area contributed by atoms with Crippen LogP contribution in [0.1, 0.15) is 22.5 Å². The molecular formula is C7H4ClF2IN2O. The minimum absolute atomic E-state index is 0.205. The molecule has 0 fully saturated rings. The van der Waals surface area contributed by atoms with E-state index in [1.807, 2.05) is 0 Å². The molecule has 0 saturated carbocycles. The van der Waals surface area contributed by atoms with Gasteiger partial charge in [-0.3, -0.25) is 4.79 Å². The number of pyridine rings is 1. The van der Waals surface area contributed by atoms with Gasteiger partial charge in [0.15, 0.2) is 0 Å². The number of carbonyl (C=O) groups excluding carboxylic acids is 1. The van der Waals surface area contributed by atoms with Crippen LogP contribution in [0.15, 0.2) is 6.20 Å². The van der Waals surface area contributed by atoms with Crippen LogP contribution < -0.4 is 5.73 Å². The third-order valence-corrected chi connectivity index (χ3v) is 2.55. The first-order valence-corrected chi connectivity index (χ1v) is 4.82. The first kappa shape index (κ1) is 11.6. The van der Waals surface area contributed by atoms with Crippen LogP contribution >= 0.6 is 34.2 Å². The summed E-state index contributed by atoms with van der Waals surface area (Å²) in [6.07, 6.45) is -1.62. The molecule has 1 rings (SSSR count). The maximum Gasteiger partial charge on any atom is 0.272 e. The van der Waals surface area contributed by atoms with Gasteiger partial charge in [-0.25, -0.2) is 13.8 Å². The van der Waals surface area contributed by atoms with Crippen molar-refractivity contribution < 1.29 is 13.6 Å². The molecule has 1 heterocycles. The SMILES string of the molecule is Nc1c(C(=O)Cl)ncc(I)c1C(F)F. The van der Waals surface area contributed by atoms with Crippen molar-refractivity contribution in [2.75, 3.05) is 5.73 Å². The van der Waals surface area contributed by atoms with Crippen LogP contribution in [0.5, 0.6) is 0 Å². The zero-order chi connectivity index (χ0) is 10.9. The highest BCUT2D eigenvalue weighted by Gasteiger charge is 2.21. The fourth-order valence-corrected chi connectivity index (χ4v) is 1.71. The second kappa shape index (κ2) is 4.35. The summed E-state index contributed by atoms with van der Waals surface area (Å²) in [5.41, 5.74) is 4.25. The van der Waals surface area contributed by atoms with Gasteiger partial charge in [-0.15, -0.1) is 0 Å². The first-order chi connectivity index (χ1) is 6.45. The third kappa shape index (κ3) is 2.11. The highest BCUT2D eigenvalue weighted by Crippen LogP contribution is 2.31. The van der Waals surface area contributed by atoms with Gasteiger partial charge in [0.25, 0.3) is 11.7 Å². The number of aromatic nitrogens is 1. The van der Waals surface area contributed by atoms with Crippen LogP contribution in [-0.2, 0) is 0 Å². The molecule has 0 aromatic carbocycles. The number of hydrogen-bond acceptors (Lipinski definition) is 3. The minimum Gasteiger partial charge on any atom is -0.396 e. The topological polar surface area (TPSA) is 56.0 Å². The van der Waals surface area contributed by atoms with Crippen LogP contribution in [0.2, 0.25) is 0 Å². The molecule has 0 atom stereocenters. The fourth-order valence-electron chi connectivity index (χ4n) is 0.895. The van der Waals surface area contributed by atoms with E-state index < -0.39 is 17.2 Å². The van der Waals surface area contributed by atoms with E-state index in [4.69, 9.17) is 17.3 Å². The molecule has 0 aliphatic carbocycles. The molecule has 1 aromatic heterocycles. The monoisotopic (exact) mass is 332 g/mol. The number of carbonyl (C=O) groups is 1. The lowest BCUT2D eigenvalue weighted by Crippen LogP contribution is -2.07. The summed E-state index contributed by atoms with van der Waals surface area (Å²) >= 11 is 6.77. The lowest BCUT2D eigenvalue weighted by molar-refractivity contribution is 0.107. The first-order valence-electron chi connectivity index (χ1n) is 3.37. The zero-order valence-electron chi connectivity index (χ0n) is 6.60. The highest BCUT2D eigenvalue weighted by molar-refractivity contribution is 14.1. The Kier molecular flexibility index (Phi) is 3.59. The van der Waals surface area contributed by atoms with E-state index in [1.54, 1.807) is 22.6 Å².